The molecule has 0 atom stereocenters. The fourth-order valence-corrected chi connectivity index (χ4v) is 2.55. The van der Waals surface area contributed by atoms with Crippen molar-refractivity contribution in [2.45, 2.75) is 19.6 Å². The molecule has 1 aromatic rings. The maximum atomic E-state index is 5.36. The van der Waals surface area contributed by atoms with Crippen molar-refractivity contribution in [3.8, 4) is 12.3 Å². The number of aryl methyl sites for hydroxylation is 1. The zero-order valence-corrected chi connectivity index (χ0v) is 9.05. The van der Waals surface area contributed by atoms with E-state index in [-0.39, 0.29) is 0 Å². The molecule has 0 radical (unpaired) electrons. The predicted molar refractivity (Wildman–Crippen MR) is 54.1 cm³/mol. The molecule has 0 aromatic carbocycles. The summed E-state index contributed by atoms with van der Waals surface area (Å²) in [4.78, 5) is 0. The summed E-state index contributed by atoms with van der Waals surface area (Å²) in [5.74, 6) is 2.63. The molecule has 0 saturated heterocycles. The Bertz CT molecular complexity index is 325. The minimum Gasteiger partial charge on any atom is -0.275 e. The lowest BCUT2D eigenvalue weighted by Gasteiger charge is -2.13. The Hall–Kier alpha value is -1.01. The largest absolute Gasteiger partial charge is 0.275 e. The van der Waals surface area contributed by atoms with Crippen LogP contribution < -0.4 is 5.19 Å². The van der Waals surface area contributed by atoms with Gasteiger partial charge in [0.15, 0.2) is 0 Å². The Labute approximate surface area is 74.6 Å². The van der Waals surface area contributed by atoms with Gasteiger partial charge in [-0.2, -0.15) is 5.10 Å². The van der Waals surface area contributed by atoms with E-state index in [4.69, 9.17) is 6.42 Å². The van der Waals surface area contributed by atoms with Gasteiger partial charge in [-0.25, -0.2) is 0 Å². The molecule has 0 unspecified atom stereocenters. The average Bonchev–Trinajstić information content (AvgIpc) is 2.29. The zero-order valence-electron chi connectivity index (χ0n) is 8.05. The third kappa shape index (κ3) is 1.59. The Morgan fingerprint density at radius 3 is 2.42 bits per heavy atom. The van der Waals surface area contributed by atoms with E-state index in [1.165, 1.54) is 5.19 Å². The summed E-state index contributed by atoms with van der Waals surface area (Å²) in [6.07, 6.45) is 7.40. The molecule has 0 spiro atoms. The van der Waals surface area contributed by atoms with Crippen molar-refractivity contribution in [1.29, 1.82) is 0 Å². The molecule has 1 aromatic heterocycles. The van der Waals surface area contributed by atoms with Crippen LogP contribution in [0.15, 0.2) is 6.20 Å². The highest BCUT2D eigenvalue weighted by molar-refractivity contribution is 6.89. The third-order valence-corrected chi connectivity index (χ3v) is 3.76. The van der Waals surface area contributed by atoms with Crippen LogP contribution in [0.1, 0.15) is 5.69 Å². The second kappa shape index (κ2) is 2.80. The lowest BCUT2D eigenvalue weighted by Crippen LogP contribution is -2.38. The van der Waals surface area contributed by atoms with Crippen molar-refractivity contribution < 1.29 is 0 Å². The summed E-state index contributed by atoms with van der Waals surface area (Å²) >= 11 is 0. The van der Waals surface area contributed by atoms with Gasteiger partial charge in [0.1, 0.15) is 5.69 Å². The molecule has 0 aliphatic rings. The number of terminal acetylenes is 1. The molecule has 12 heavy (non-hydrogen) atoms. The van der Waals surface area contributed by atoms with Crippen LogP contribution in [0.25, 0.3) is 0 Å². The van der Waals surface area contributed by atoms with Crippen molar-refractivity contribution >= 4 is 13.3 Å². The summed E-state index contributed by atoms with van der Waals surface area (Å²) in [6, 6.07) is 0. The first-order valence-corrected chi connectivity index (χ1v) is 7.46. The molecule has 0 bridgehead atoms. The smallest absolute Gasteiger partial charge is 0.134 e. The van der Waals surface area contributed by atoms with Crippen molar-refractivity contribution in [3.63, 3.8) is 0 Å². The number of aromatic nitrogens is 2. The number of hydrogen-bond donors (Lipinski definition) is 0. The van der Waals surface area contributed by atoms with Gasteiger partial charge < -0.3 is 0 Å². The molecule has 0 aliphatic carbocycles. The Kier molecular flexibility index (Phi) is 2.11. The first-order valence-electron chi connectivity index (χ1n) is 3.96. The van der Waals surface area contributed by atoms with Gasteiger partial charge in [0.05, 0.1) is 8.07 Å². The second-order valence-electron chi connectivity index (χ2n) is 3.96. The number of nitrogens with zero attached hydrogens (tertiary/aromatic N) is 2. The van der Waals surface area contributed by atoms with Gasteiger partial charge >= 0.3 is 0 Å². The van der Waals surface area contributed by atoms with Crippen LogP contribution in [0, 0.1) is 12.3 Å². The van der Waals surface area contributed by atoms with Crippen LogP contribution in [0.3, 0.4) is 0 Å². The Balaban J connectivity index is 3.25. The minimum absolute atomic E-state index is 0.816. The monoisotopic (exact) mass is 178 g/mol. The van der Waals surface area contributed by atoms with Gasteiger partial charge in [-0.3, -0.25) is 4.68 Å². The first kappa shape index (κ1) is 9.08. The van der Waals surface area contributed by atoms with E-state index in [1.807, 2.05) is 13.2 Å². The summed E-state index contributed by atoms with van der Waals surface area (Å²) < 4.78 is 1.79. The second-order valence-corrected chi connectivity index (χ2v) is 9.00. The maximum Gasteiger partial charge on any atom is 0.134 e. The zero-order chi connectivity index (χ0) is 9.35. The van der Waals surface area contributed by atoms with E-state index in [9.17, 15) is 0 Å². The van der Waals surface area contributed by atoms with Crippen molar-refractivity contribution in [1.82, 2.24) is 9.78 Å². The van der Waals surface area contributed by atoms with E-state index < -0.39 is 8.07 Å². The van der Waals surface area contributed by atoms with Crippen LogP contribution >= 0.6 is 0 Å². The van der Waals surface area contributed by atoms with Crippen LogP contribution in [0.4, 0.5) is 0 Å². The fourth-order valence-electron chi connectivity index (χ4n) is 1.14. The molecular weight excluding hydrogens is 164 g/mol. The van der Waals surface area contributed by atoms with Gasteiger partial charge in [0, 0.05) is 13.2 Å². The molecule has 0 aliphatic heterocycles. The first-order chi connectivity index (χ1) is 5.45. The maximum absolute atomic E-state index is 5.36. The minimum atomic E-state index is -1.30. The highest BCUT2D eigenvalue weighted by Gasteiger charge is 2.21. The van der Waals surface area contributed by atoms with Gasteiger partial charge in [-0.05, 0) is 11.1 Å². The standard InChI is InChI=1S/C9H14N2Si/c1-6-8-9(12(3,4)5)7-11(2)10-8/h1,7H,2-5H3. The molecule has 2 nitrogen and oxygen atoms in total. The van der Waals surface area contributed by atoms with E-state index in [0.717, 1.165) is 5.69 Å². The van der Waals surface area contributed by atoms with Crippen LogP contribution in [-0.2, 0) is 7.05 Å². The molecule has 3 heteroatoms. The molecule has 0 N–H and O–H groups in total. The summed E-state index contributed by atoms with van der Waals surface area (Å²) in [7, 11) is 0.603. The van der Waals surface area contributed by atoms with E-state index in [0.29, 0.717) is 0 Å². The fraction of sp³-hybridized carbons (Fsp3) is 0.444. The summed E-state index contributed by atoms with van der Waals surface area (Å²) in [5, 5.41) is 5.48. The lowest BCUT2D eigenvalue weighted by molar-refractivity contribution is 0.764. The molecule has 1 heterocycles. The average molecular weight is 178 g/mol. The van der Waals surface area contributed by atoms with E-state index in [2.05, 4.69) is 30.7 Å². The quantitative estimate of drug-likeness (QED) is 0.462. The normalized spacial score (nSPS) is 11.2. The molecule has 0 amide bonds. The van der Waals surface area contributed by atoms with Gasteiger partial charge in [-0.15, -0.1) is 6.42 Å². The van der Waals surface area contributed by atoms with Gasteiger partial charge in [0.2, 0.25) is 0 Å². The number of rotatable bonds is 1. The lowest BCUT2D eigenvalue weighted by atomic mass is 10.5. The highest BCUT2D eigenvalue weighted by Crippen LogP contribution is 2.04. The van der Waals surface area contributed by atoms with Gasteiger partial charge in [-0.1, -0.05) is 19.6 Å². The van der Waals surface area contributed by atoms with Crippen molar-refractivity contribution in [3.05, 3.63) is 11.9 Å². The van der Waals surface area contributed by atoms with Crippen LogP contribution in [0.5, 0.6) is 0 Å². The molecule has 0 fully saturated rings. The van der Waals surface area contributed by atoms with Crippen molar-refractivity contribution in [2.75, 3.05) is 0 Å². The number of hydrogen-bond acceptors (Lipinski definition) is 1. The molecule has 0 saturated carbocycles. The van der Waals surface area contributed by atoms with E-state index >= 15 is 0 Å². The van der Waals surface area contributed by atoms with Crippen LogP contribution in [-0.4, -0.2) is 17.9 Å². The summed E-state index contributed by atoms with van der Waals surface area (Å²) in [6.45, 7) is 6.81. The Morgan fingerprint density at radius 2 is 2.08 bits per heavy atom. The predicted octanol–water partition coefficient (Wildman–Crippen LogP) is 0.947. The Morgan fingerprint density at radius 1 is 1.50 bits per heavy atom. The molecule has 64 valence electrons. The van der Waals surface area contributed by atoms with E-state index in [1.54, 1.807) is 4.68 Å². The molecular formula is C9H14N2Si. The summed E-state index contributed by atoms with van der Waals surface area (Å²) in [5.41, 5.74) is 0.816. The van der Waals surface area contributed by atoms with Gasteiger partial charge in [0.25, 0.3) is 0 Å². The topological polar surface area (TPSA) is 17.8 Å². The highest BCUT2D eigenvalue weighted by atomic mass is 28.3. The SMILES string of the molecule is C#Cc1nn(C)cc1[Si](C)(C)C. The third-order valence-electron chi connectivity index (χ3n) is 1.77. The van der Waals surface area contributed by atoms with Crippen LogP contribution in [0.2, 0.25) is 19.6 Å². The molecule has 1 rings (SSSR count). The van der Waals surface area contributed by atoms with Crippen molar-refractivity contribution in [2.24, 2.45) is 7.05 Å².